The van der Waals surface area contributed by atoms with Gasteiger partial charge < -0.3 is 4.90 Å². The molecule has 1 aromatic rings. The molecule has 0 saturated carbocycles. The van der Waals surface area contributed by atoms with Crippen molar-refractivity contribution in [2.75, 3.05) is 24.5 Å². The van der Waals surface area contributed by atoms with Gasteiger partial charge in [-0.1, -0.05) is 22.6 Å². The first kappa shape index (κ1) is 11.4. The Morgan fingerprint density at radius 2 is 2.47 bits per heavy atom. The lowest BCUT2D eigenvalue weighted by Gasteiger charge is -2.23. The molecule has 1 fully saturated rings. The second-order valence-corrected chi connectivity index (χ2v) is 5.60. The van der Waals surface area contributed by atoms with E-state index in [0.29, 0.717) is 3.92 Å². The summed E-state index contributed by atoms with van der Waals surface area (Å²) >= 11 is 8.56. The molecule has 2 rings (SSSR count). The average Bonchev–Trinajstić information content (AvgIpc) is 2.43. The van der Waals surface area contributed by atoms with Gasteiger partial charge in [0.2, 0.25) is 0 Å². The number of nitrogens with zero attached hydrogens (tertiary/aromatic N) is 2. The third-order valence-electron chi connectivity index (χ3n) is 2.44. The van der Waals surface area contributed by atoms with Crippen LogP contribution >= 0.6 is 34.2 Å². The van der Waals surface area contributed by atoms with E-state index < -0.39 is 0 Å². The highest BCUT2D eigenvalue weighted by molar-refractivity contribution is 14.1. The molecule has 3 nitrogen and oxygen atoms in total. The molecule has 5 heteroatoms. The number of nitrogens with one attached hydrogen (secondary N) is 1. The van der Waals surface area contributed by atoms with Crippen LogP contribution in [0.5, 0.6) is 0 Å². The largest absolute Gasteiger partial charge is 0.368 e. The monoisotopic (exact) mass is 337 g/mol. The minimum Gasteiger partial charge on any atom is -0.368 e. The highest BCUT2D eigenvalue weighted by Gasteiger charge is 2.22. The van der Waals surface area contributed by atoms with Crippen LogP contribution in [0, 0.1) is 0 Å². The minimum absolute atomic E-state index is 0.0623. The summed E-state index contributed by atoms with van der Waals surface area (Å²) in [5.41, 5.74) is 1.24. The van der Waals surface area contributed by atoms with Gasteiger partial charge in [-0.2, -0.15) is 0 Å². The quantitative estimate of drug-likeness (QED) is 0.482. The summed E-state index contributed by atoms with van der Waals surface area (Å²) in [7, 11) is 0. The Morgan fingerprint density at radius 1 is 1.60 bits per heavy atom. The normalized spacial score (nSPS) is 27.5. The van der Waals surface area contributed by atoms with Gasteiger partial charge in [-0.15, -0.1) is 11.6 Å². The summed E-state index contributed by atoms with van der Waals surface area (Å²) in [4.78, 5) is 6.46. The van der Waals surface area contributed by atoms with Crippen molar-refractivity contribution in [1.82, 2.24) is 10.3 Å². The van der Waals surface area contributed by atoms with Crippen LogP contribution in [-0.4, -0.2) is 34.0 Å². The molecule has 0 bridgehead atoms. The summed E-state index contributed by atoms with van der Waals surface area (Å²) in [5, 5.41) is 3.29. The fourth-order valence-corrected chi connectivity index (χ4v) is 2.55. The Labute approximate surface area is 108 Å². The number of alkyl halides is 2. The van der Waals surface area contributed by atoms with Gasteiger partial charge in [0.1, 0.15) is 0 Å². The van der Waals surface area contributed by atoms with Crippen molar-refractivity contribution >= 4 is 39.9 Å². The standard InChI is InChI=1S/C10H13ClIN3/c11-10-9(12)7-15(5-4-14-10)8-2-1-3-13-6-8/h1-3,6,9-10,14H,4-5,7H2. The van der Waals surface area contributed by atoms with E-state index in [2.05, 4.69) is 43.9 Å². The number of rotatable bonds is 1. The number of pyridine rings is 1. The van der Waals surface area contributed by atoms with Crippen LogP contribution in [0.15, 0.2) is 24.5 Å². The van der Waals surface area contributed by atoms with Gasteiger partial charge in [-0.05, 0) is 12.1 Å². The lowest BCUT2D eigenvalue weighted by atomic mass is 10.3. The summed E-state index contributed by atoms with van der Waals surface area (Å²) in [6, 6.07) is 4.05. The van der Waals surface area contributed by atoms with Gasteiger partial charge in [0.25, 0.3) is 0 Å². The maximum Gasteiger partial charge on any atom is 0.0962 e. The maximum absolute atomic E-state index is 6.16. The van der Waals surface area contributed by atoms with Crippen LogP contribution in [0.2, 0.25) is 0 Å². The second-order valence-electron chi connectivity index (χ2n) is 3.53. The molecular formula is C10H13ClIN3. The van der Waals surface area contributed by atoms with Crippen LogP contribution in [-0.2, 0) is 0 Å². The molecular weight excluding hydrogens is 324 g/mol. The Balaban J connectivity index is 2.10. The summed E-state index contributed by atoms with van der Waals surface area (Å²) in [6.07, 6.45) is 3.70. The van der Waals surface area contributed by atoms with E-state index in [9.17, 15) is 0 Å². The van der Waals surface area contributed by atoms with E-state index in [1.165, 1.54) is 5.69 Å². The fraction of sp³-hybridized carbons (Fsp3) is 0.500. The van der Waals surface area contributed by atoms with Crippen molar-refractivity contribution in [1.29, 1.82) is 0 Å². The molecule has 2 heterocycles. The van der Waals surface area contributed by atoms with Gasteiger partial charge >= 0.3 is 0 Å². The van der Waals surface area contributed by atoms with E-state index in [-0.39, 0.29) is 5.50 Å². The van der Waals surface area contributed by atoms with Crippen LogP contribution in [0.1, 0.15) is 0 Å². The summed E-state index contributed by atoms with van der Waals surface area (Å²) in [5.74, 6) is 0. The predicted octanol–water partition coefficient (Wildman–Crippen LogP) is 1.86. The first-order chi connectivity index (χ1) is 7.27. The molecule has 1 aliphatic rings. The van der Waals surface area contributed by atoms with Crippen LogP contribution < -0.4 is 10.2 Å². The molecule has 2 atom stereocenters. The van der Waals surface area contributed by atoms with Crippen molar-refractivity contribution in [3.05, 3.63) is 24.5 Å². The van der Waals surface area contributed by atoms with Gasteiger partial charge in [-0.3, -0.25) is 10.3 Å². The lowest BCUT2D eigenvalue weighted by Crippen LogP contribution is -2.32. The zero-order chi connectivity index (χ0) is 10.7. The molecule has 1 aromatic heterocycles. The molecule has 0 radical (unpaired) electrons. The third kappa shape index (κ3) is 2.95. The van der Waals surface area contributed by atoms with Gasteiger partial charge in [0.15, 0.2) is 0 Å². The van der Waals surface area contributed by atoms with Crippen molar-refractivity contribution < 1.29 is 0 Å². The zero-order valence-corrected chi connectivity index (χ0v) is 11.1. The molecule has 0 aliphatic carbocycles. The van der Waals surface area contributed by atoms with Gasteiger partial charge in [0, 0.05) is 25.8 Å². The van der Waals surface area contributed by atoms with Crippen LogP contribution in [0.4, 0.5) is 5.69 Å². The third-order valence-corrected chi connectivity index (χ3v) is 4.44. The fourth-order valence-electron chi connectivity index (χ4n) is 1.63. The highest BCUT2D eigenvalue weighted by Crippen LogP contribution is 2.19. The molecule has 15 heavy (non-hydrogen) atoms. The predicted molar refractivity (Wildman–Crippen MR) is 71.9 cm³/mol. The Morgan fingerprint density at radius 3 is 3.20 bits per heavy atom. The molecule has 1 saturated heterocycles. The molecule has 0 amide bonds. The van der Waals surface area contributed by atoms with Crippen molar-refractivity contribution in [3.8, 4) is 0 Å². The minimum atomic E-state index is 0.0623. The van der Waals surface area contributed by atoms with Gasteiger partial charge in [-0.25, -0.2) is 0 Å². The molecule has 2 unspecified atom stereocenters. The average molecular weight is 338 g/mol. The van der Waals surface area contributed by atoms with E-state index in [0.717, 1.165) is 19.6 Å². The van der Waals surface area contributed by atoms with E-state index >= 15 is 0 Å². The van der Waals surface area contributed by atoms with Crippen molar-refractivity contribution in [3.63, 3.8) is 0 Å². The first-order valence-corrected chi connectivity index (χ1v) is 6.62. The smallest absolute Gasteiger partial charge is 0.0962 e. The van der Waals surface area contributed by atoms with E-state index in [1.54, 1.807) is 6.20 Å². The van der Waals surface area contributed by atoms with Crippen LogP contribution in [0.3, 0.4) is 0 Å². The number of aromatic nitrogens is 1. The van der Waals surface area contributed by atoms with Crippen molar-refractivity contribution in [2.45, 2.75) is 9.43 Å². The Bertz CT molecular complexity index is 309. The highest BCUT2D eigenvalue weighted by atomic mass is 127. The van der Waals surface area contributed by atoms with Gasteiger partial charge in [0.05, 0.1) is 21.3 Å². The second kappa shape index (κ2) is 5.32. The van der Waals surface area contributed by atoms with E-state index in [4.69, 9.17) is 11.6 Å². The molecule has 1 aliphatic heterocycles. The number of anilines is 1. The van der Waals surface area contributed by atoms with Crippen LogP contribution in [0.25, 0.3) is 0 Å². The Hall–Kier alpha value is -0.0700. The van der Waals surface area contributed by atoms with E-state index in [1.807, 2.05) is 12.3 Å². The zero-order valence-electron chi connectivity index (χ0n) is 8.24. The summed E-state index contributed by atoms with van der Waals surface area (Å²) in [6.45, 7) is 2.87. The SMILES string of the molecule is ClC1NCCN(c2cccnc2)CC1I. The topological polar surface area (TPSA) is 28.2 Å². The molecule has 1 N–H and O–H groups in total. The lowest BCUT2D eigenvalue weighted by molar-refractivity contribution is 0.689. The molecule has 0 aromatic carbocycles. The summed E-state index contributed by atoms with van der Waals surface area (Å²) < 4.78 is 0.409. The number of hydrogen-bond acceptors (Lipinski definition) is 3. The Kier molecular flexibility index (Phi) is 4.05. The molecule has 0 spiro atoms. The maximum atomic E-state index is 6.16. The number of halogens is 2. The van der Waals surface area contributed by atoms with Crippen molar-refractivity contribution in [2.24, 2.45) is 0 Å². The molecule has 82 valence electrons. The first-order valence-electron chi connectivity index (χ1n) is 4.94. The number of hydrogen-bond donors (Lipinski definition) is 1.